The maximum atomic E-state index is 11.9. The molecule has 0 unspecified atom stereocenters. The maximum Gasteiger partial charge on any atom is 0.340 e. The predicted molar refractivity (Wildman–Crippen MR) is 61.5 cm³/mol. The molecule has 0 aromatic carbocycles. The number of hydrogen-bond donors (Lipinski definition) is 0. The summed E-state index contributed by atoms with van der Waals surface area (Å²) in [7, 11) is 4.28. The number of ether oxygens (including phenoxy) is 1. The van der Waals surface area contributed by atoms with E-state index < -0.39 is 11.5 Å². The Morgan fingerprint density at radius 3 is 2.28 bits per heavy atom. The summed E-state index contributed by atoms with van der Waals surface area (Å²) in [5, 5.41) is 19.3. The topological polar surface area (TPSA) is 99.1 Å². The first-order valence-electron chi connectivity index (χ1n) is 4.83. The van der Waals surface area contributed by atoms with Crippen molar-refractivity contribution in [3.63, 3.8) is 0 Å². The zero-order valence-electron chi connectivity index (χ0n) is 10.1. The van der Waals surface area contributed by atoms with Crippen LogP contribution in [0.3, 0.4) is 0 Å². The number of methoxy groups -OCH3 is 1. The monoisotopic (exact) mass is 246 g/mol. The van der Waals surface area contributed by atoms with Gasteiger partial charge in [-0.1, -0.05) is 0 Å². The third kappa shape index (κ3) is 2.02. The molecule has 0 spiro atoms. The lowest BCUT2D eigenvalue weighted by Crippen LogP contribution is -2.38. The molecule has 0 saturated heterocycles. The Morgan fingerprint density at radius 1 is 1.33 bits per heavy atom. The lowest BCUT2D eigenvalue weighted by atomic mass is 10.1. The third-order valence-electron chi connectivity index (χ3n) is 2.25. The van der Waals surface area contributed by atoms with E-state index in [2.05, 4.69) is 4.74 Å². The standard InChI is InChI=1S/C11H10N4O3/c1-14(2)15-6-9(11(17)18-3)7(4-12)8(5-13)10(15)16/h6H,1-3H3. The van der Waals surface area contributed by atoms with Gasteiger partial charge in [-0.2, -0.15) is 10.5 Å². The van der Waals surface area contributed by atoms with Crippen molar-refractivity contribution in [1.29, 1.82) is 10.5 Å². The van der Waals surface area contributed by atoms with Crippen LogP contribution >= 0.6 is 0 Å². The second-order valence-corrected chi connectivity index (χ2v) is 3.50. The molecule has 0 N–H and O–H groups in total. The van der Waals surface area contributed by atoms with E-state index in [4.69, 9.17) is 10.5 Å². The van der Waals surface area contributed by atoms with E-state index >= 15 is 0 Å². The average molecular weight is 246 g/mol. The molecular weight excluding hydrogens is 236 g/mol. The number of nitrogens with zero attached hydrogens (tertiary/aromatic N) is 4. The molecule has 92 valence electrons. The van der Waals surface area contributed by atoms with Crippen molar-refractivity contribution >= 4 is 5.97 Å². The highest BCUT2D eigenvalue weighted by atomic mass is 16.5. The van der Waals surface area contributed by atoms with Crippen LogP contribution in [-0.4, -0.2) is 31.9 Å². The molecule has 0 aliphatic heterocycles. The fourth-order valence-electron chi connectivity index (χ4n) is 1.38. The quantitative estimate of drug-likeness (QED) is 0.657. The Hall–Kier alpha value is -2.80. The smallest absolute Gasteiger partial charge is 0.340 e. The minimum absolute atomic E-state index is 0.121. The molecule has 0 bridgehead atoms. The Balaban J connectivity index is 3.80. The van der Waals surface area contributed by atoms with E-state index in [0.717, 1.165) is 11.8 Å². The number of carbonyl (C=O) groups is 1. The van der Waals surface area contributed by atoms with Crippen LogP contribution in [0.2, 0.25) is 0 Å². The Labute approximate surface area is 103 Å². The molecule has 18 heavy (non-hydrogen) atoms. The number of esters is 1. The van der Waals surface area contributed by atoms with Crippen LogP contribution in [0.4, 0.5) is 0 Å². The summed E-state index contributed by atoms with van der Waals surface area (Å²) in [6, 6.07) is 3.32. The Bertz CT molecular complexity index is 631. The van der Waals surface area contributed by atoms with Gasteiger partial charge < -0.3 is 9.75 Å². The number of rotatable bonds is 2. The molecule has 1 aromatic heterocycles. The summed E-state index contributed by atoms with van der Waals surface area (Å²) < 4.78 is 5.58. The minimum Gasteiger partial charge on any atom is -0.465 e. The first-order valence-corrected chi connectivity index (χ1v) is 4.83. The first-order chi connectivity index (χ1) is 8.47. The number of pyridine rings is 1. The zero-order chi connectivity index (χ0) is 13.9. The summed E-state index contributed by atoms with van der Waals surface area (Å²) >= 11 is 0. The molecule has 1 heterocycles. The van der Waals surface area contributed by atoms with Gasteiger partial charge in [0.15, 0.2) is 0 Å². The highest BCUT2D eigenvalue weighted by Gasteiger charge is 2.21. The van der Waals surface area contributed by atoms with E-state index in [0.29, 0.717) is 0 Å². The summed E-state index contributed by atoms with van der Waals surface area (Å²) in [5.41, 5.74) is -1.43. The minimum atomic E-state index is -0.779. The average Bonchev–Trinajstić information content (AvgIpc) is 2.36. The van der Waals surface area contributed by atoms with Crippen LogP contribution in [0.25, 0.3) is 0 Å². The van der Waals surface area contributed by atoms with Crippen LogP contribution in [0, 0.1) is 22.7 Å². The molecule has 1 aromatic rings. The van der Waals surface area contributed by atoms with E-state index in [1.807, 2.05) is 0 Å². The van der Waals surface area contributed by atoms with Crippen LogP contribution < -0.4 is 10.6 Å². The number of hydrogen-bond acceptors (Lipinski definition) is 6. The normalized spacial score (nSPS) is 9.17. The molecule has 0 saturated carbocycles. The fraction of sp³-hybridized carbons (Fsp3) is 0.273. The van der Waals surface area contributed by atoms with Crippen LogP contribution in [0.1, 0.15) is 21.5 Å². The molecule has 0 aliphatic rings. The highest BCUT2D eigenvalue weighted by molar-refractivity contribution is 5.92. The van der Waals surface area contributed by atoms with Gasteiger partial charge in [0.2, 0.25) is 0 Å². The molecule has 7 nitrogen and oxygen atoms in total. The van der Waals surface area contributed by atoms with Gasteiger partial charge >= 0.3 is 5.97 Å². The summed E-state index contributed by atoms with van der Waals surface area (Å²) in [4.78, 5) is 23.4. The fourth-order valence-corrected chi connectivity index (χ4v) is 1.38. The van der Waals surface area contributed by atoms with Gasteiger partial charge in [0.25, 0.3) is 5.56 Å². The van der Waals surface area contributed by atoms with Gasteiger partial charge in [0, 0.05) is 20.3 Å². The van der Waals surface area contributed by atoms with Crippen molar-refractivity contribution in [3.8, 4) is 12.1 Å². The Kier molecular flexibility index (Phi) is 3.70. The second kappa shape index (κ2) is 5.02. The van der Waals surface area contributed by atoms with Gasteiger partial charge in [0.05, 0.1) is 18.2 Å². The van der Waals surface area contributed by atoms with Crippen LogP contribution in [-0.2, 0) is 4.74 Å². The van der Waals surface area contributed by atoms with E-state index in [1.54, 1.807) is 26.2 Å². The molecule has 0 radical (unpaired) electrons. The largest absolute Gasteiger partial charge is 0.465 e. The number of aromatic nitrogens is 1. The SMILES string of the molecule is COC(=O)c1cn(N(C)C)c(=O)c(C#N)c1C#N. The second-order valence-electron chi connectivity index (χ2n) is 3.50. The van der Waals surface area contributed by atoms with Crippen molar-refractivity contribution in [2.24, 2.45) is 0 Å². The Morgan fingerprint density at radius 2 is 1.89 bits per heavy atom. The van der Waals surface area contributed by atoms with Gasteiger partial charge in [-0.15, -0.1) is 0 Å². The third-order valence-corrected chi connectivity index (χ3v) is 2.25. The van der Waals surface area contributed by atoms with Gasteiger partial charge in [-0.25, -0.2) is 9.47 Å². The number of nitriles is 2. The van der Waals surface area contributed by atoms with Crippen molar-refractivity contribution in [3.05, 3.63) is 33.2 Å². The van der Waals surface area contributed by atoms with E-state index in [-0.39, 0.29) is 16.7 Å². The molecule has 1 rings (SSSR count). The summed E-state index contributed by atoms with van der Waals surface area (Å²) in [6.45, 7) is 0. The van der Waals surface area contributed by atoms with E-state index in [1.165, 1.54) is 11.2 Å². The predicted octanol–water partition coefficient (Wildman–Crippen LogP) is -0.424. The molecule has 7 heteroatoms. The van der Waals surface area contributed by atoms with Gasteiger partial charge in [-0.05, 0) is 0 Å². The lowest BCUT2D eigenvalue weighted by Gasteiger charge is -2.17. The van der Waals surface area contributed by atoms with Crippen LogP contribution in [0.5, 0.6) is 0 Å². The lowest BCUT2D eigenvalue weighted by molar-refractivity contribution is 0.0599. The van der Waals surface area contributed by atoms with Gasteiger partial charge in [-0.3, -0.25) is 4.79 Å². The van der Waals surface area contributed by atoms with Crippen molar-refractivity contribution in [2.75, 3.05) is 26.2 Å². The summed E-state index contributed by atoms with van der Waals surface area (Å²) in [6.07, 6.45) is 1.17. The van der Waals surface area contributed by atoms with Crippen molar-refractivity contribution in [1.82, 2.24) is 4.68 Å². The van der Waals surface area contributed by atoms with Gasteiger partial charge in [0.1, 0.15) is 17.7 Å². The molecule has 0 aliphatic carbocycles. The molecular formula is C11H10N4O3. The van der Waals surface area contributed by atoms with Crippen molar-refractivity contribution in [2.45, 2.75) is 0 Å². The van der Waals surface area contributed by atoms with Crippen LogP contribution in [0.15, 0.2) is 11.0 Å². The molecule has 0 fully saturated rings. The maximum absolute atomic E-state index is 11.9. The number of carbonyl (C=O) groups excluding carboxylic acids is 1. The zero-order valence-corrected chi connectivity index (χ0v) is 10.1. The van der Waals surface area contributed by atoms with Crippen molar-refractivity contribution < 1.29 is 9.53 Å². The highest BCUT2D eigenvalue weighted by Crippen LogP contribution is 2.11. The molecule has 0 atom stereocenters. The summed E-state index contributed by atoms with van der Waals surface area (Å²) in [5.74, 6) is -0.779. The first kappa shape index (κ1) is 13.3. The van der Waals surface area contributed by atoms with E-state index in [9.17, 15) is 9.59 Å². The molecule has 0 amide bonds.